The second kappa shape index (κ2) is 6.90. The fourth-order valence-corrected chi connectivity index (χ4v) is 2.92. The zero-order valence-electron chi connectivity index (χ0n) is 12.6. The number of aryl methyl sites for hydroxylation is 2. The van der Waals surface area contributed by atoms with Crippen molar-refractivity contribution in [2.45, 2.75) is 58.4 Å². The Hall–Kier alpha value is -1.09. The lowest BCUT2D eigenvalue weighted by atomic mass is 9.98. The Morgan fingerprint density at radius 3 is 2.84 bits per heavy atom. The molecule has 1 N–H and O–H groups in total. The molecular weight excluding hydrogens is 234 g/mol. The SMILES string of the molecule is CCNC(C1=CCCCCC1)c1cc(CC)nn1C. The van der Waals surface area contributed by atoms with E-state index < -0.39 is 0 Å². The smallest absolute Gasteiger partial charge is 0.0707 e. The van der Waals surface area contributed by atoms with Crippen LogP contribution in [0.25, 0.3) is 0 Å². The molecule has 2 rings (SSSR count). The summed E-state index contributed by atoms with van der Waals surface area (Å²) in [4.78, 5) is 0. The highest BCUT2D eigenvalue weighted by Crippen LogP contribution is 2.29. The van der Waals surface area contributed by atoms with Gasteiger partial charge < -0.3 is 5.32 Å². The minimum Gasteiger partial charge on any atom is -0.306 e. The number of hydrogen-bond donors (Lipinski definition) is 1. The van der Waals surface area contributed by atoms with Gasteiger partial charge in [0.05, 0.1) is 17.4 Å². The van der Waals surface area contributed by atoms with Gasteiger partial charge in [0.2, 0.25) is 0 Å². The van der Waals surface area contributed by atoms with E-state index in [1.54, 1.807) is 5.57 Å². The standard InChI is InChI=1S/C16H27N3/c1-4-14-12-15(19(3)18-14)16(17-5-2)13-10-8-6-7-9-11-13/h10,12,16-17H,4-9,11H2,1-3H3. The molecule has 1 aliphatic carbocycles. The van der Waals surface area contributed by atoms with E-state index >= 15 is 0 Å². The zero-order chi connectivity index (χ0) is 13.7. The normalized spacial score (nSPS) is 17.9. The molecule has 0 saturated heterocycles. The van der Waals surface area contributed by atoms with Crippen LogP contribution >= 0.6 is 0 Å². The molecule has 0 amide bonds. The van der Waals surface area contributed by atoms with Crippen LogP contribution in [-0.4, -0.2) is 16.3 Å². The van der Waals surface area contributed by atoms with E-state index in [1.165, 1.54) is 43.5 Å². The predicted molar refractivity (Wildman–Crippen MR) is 80.2 cm³/mol. The lowest BCUT2D eigenvalue weighted by Gasteiger charge is -2.21. The molecule has 0 spiro atoms. The number of hydrogen-bond acceptors (Lipinski definition) is 2. The highest BCUT2D eigenvalue weighted by molar-refractivity contribution is 5.25. The second-order valence-corrected chi connectivity index (χ2v) is 5.41. The van der Waals surface area contributed by atoms with Crippen molar-refractivity contribution in [2.24, 2.45) is 7.05 Å². The number of nitrogens with one attached hydrogen (secondary N) is 1. The van der Waals surface area contributed by atoms with Gasteiger partial charge in [0, 0.05) is 7.05 Å². The topological polar surface area (TPSA) is 29.9 Å². The zero-order valence-corrected chi connectivity index (χ0v) is 12.6. The summed E-state index contributed by atoms with van der Waals surface area (Å²) in [7, 11) is 2.07. The molecule has 1 aromatic rings. The molecule has 1 atom stereocenters. The van der Waals surface area contributed by atoms with Gasteiger partial charge in [-0.05, 0) is 44.7 Å². The molecule has 0 aromatic carbocycles. The van der Waals surface area contributed by atoms with Crippen molar-refractivity contribution < 1.29 is 0 Å². The fourth-order valence-electron chi connectivity index (χ4n) is 2.92. The summed E-state index contributed by atoms with van der Waals surface area (Å²) >= 11 is 0. The van der Waals surface area contributed by atoms with Gasteiger partial charge in [-0.3, -0.25) is 4.68 Å². The van der Waals surface area contributed by atoms with Gasteiger partial charge in [-0.25, -0.2) is 0 Å². The van der Waals surface area contributed by atoms with Crippen LogP contribution in [0.1, 0.15) is 63.4 Å². The van der Waals surface area contributed by atoms with E-state index in [0.717, 1.165) is 13.0 Å². The number of likely N-dealkylation sites (N-methyl/N-ethyl adjacent to an activating group) is 1. The molecule has 1 aliphatic rings. The van der Waals surface area contributed by atoms with Gasteiger partial charge in [-0.15, -0.1) is 0 Å². The van der Waals surface area contributed by atoms with Gasteiger partial charge >= 0.3 is 0 Å². The van der Waals surface area contributed by atoms with Crippen molar-refractivity contribution >= 4 is 0 Å². The molecule has 0 fully saturated rings. The summed E-state index contributed by atoms with van der Waals surface area (Å²) in [6, 6.07) is 2.61. The minimum absolute atomic E-state index is 0.348. The third kappa shape index (κ3) is 3.47. The van der Waals surface area contributed by atoms with Crippen LogP contribution in [0.3, 0.4) is 0 Å². The van der Waals surface area contributed by atoms with Gasteiger partial charge in [-0.1, -0.05) is 31.9 Å². The molecule has 0 radical (unpaired) electrons. The largest absolute Gasteiger partial charge is 0.306 e. The Morgan fingerprint density at radius 2 is 2.16 bits per heavy atom. The van der Waals surface area contributed by atoms with Crippen molar-refractivity contribution in [1.82, 2.24) is 15.1 Å². The van der Waals surface area contributed by atoms with E-state index in [4.69, 9.17) is 0 Å². The van der Waals surface area contributed by atoms with Crippen molar-refractivity contribution in [2.75, 3.05) is 6.54 Å². The maximum absolute atomic E-state index is 4.60. The summed E-state index contributed by atoms with van der Waals surface area (Å²) in [5.41, 5.74) is 4.06. The van der Waals surface area contributed by atoms with Crippen molar-refractivity contribution in [3.63, 3.8) is 0 Å². The third-order valence-corrected chi connectivity index (χ3v) is 3.98. The lowest BCUT2D eigenvalue weighted by molar-refractivity contribution is 0.545. The summed E-state index contributed by atoms with van der Waals surface area (Å²) in [6.07, 6.45) is 9.95. The Bertz CT molecular complexity index is 431. The number of rotatable bonds is 5. The van der Waals surface area contributed by atoms with Gasteiger partial charge in [0.25, 0.3) is 0 Å². The van der Waals surface area contributed by atoms with Crippen LogP contribution in [0, 0.1) is 0 Å². The number of nitrogens with zero attached hydrogens (tertiary/aromatic N) is 2. The van der Waals surface area contributed by atoms with Crippen LogP contribution in [0.5, 0.6) is 0 Å². The van der Waals surface area contributed by atoms with E-state index in [2.05, 4.69) is 48.1 Å². The molecule has 1 unspecified atom stereocenters. The summed E-state index contributed by atoms with van der Waals surface area (Å²) in [6.45, 7) is 5.34. The molecular formula is C16H27N3. The maximum atomic E-state index is 4.60. The second-order valence-electron chi connectivity index (χ2n) is 5.41. The Kier molecular flexibility index (Phi) is 5.20. The van der Waals surface area contributed by atoms with Crippen LogP contribution in [-0.2, 0) is 13.5 Å². The molecule has 106 valence electrons. The van der Waals surface area contributed by atoms with E-state index in [1.807, 2.05) is 0 Å². The van der Waals surface area contributed by atoms with Crippen LogP contribution in [0.2, 0.25) is 0 Å². The quantitative estimate of drug-likeness (QED) is 0.822. The average Bonchev–Trinajstić information content (AvgIpc) is 2.64. The highest BCUT2D eigenvalue weighted by atomic mass is 15.3. The molecule has 1 aromatic heterocycles. The van der Waals surface area contributed by atoms with Crippen molar-refractivity contribution in [3.05, 3.63) is 29.1 Å². The van der Waals surface area contributed by atoms with Crippen molar-refractivity contribution in [1.29, 1.82) is 0 Å². The van der Waals surface area contributed by atoms with E-state index in [0.29, 0.717) is 6.04 Å². The molecule has 3 heteroatoms. The highest BCUT2D eigenvalue weighted by Gasteiger charge is 2.20. The van der Waals surface area contributed by atoms with Crippen molar-refractivity contribution in [3.8, 4) is 0 Å². The molecule has 19 heavy (non-hydrogen) atoms. The first-order valence-corrected chi connectivity index (χ1v) is 7.71. The monoisotopic (exact) mass is 261 g/mol. The van der Waals surface area contributed by atoms with Gasteiger partial charge in [-0.2, -0.15) is 5.10 Å². The molecule has 0 saturated carbocycles. The Labute approximate surface area is 117 Å². The van der Waals surface area contributed by atoms with Crippen LogP contribution in [0.15, 0.2) is 17.7 Å². The summed E-state index contributed by atoms with van der Waals surface area (Å²) in [5.74, 6) is 0. The van der Waals surface area contributed by atoms with Gasteiger partial charge in [0.15, 0.2) is 0 Å². The average molecular weight is 261 g/mol. The fraction of sp³-hybridized carbons (Fsp3) is 0.688. The first-order chi connectivity index (χ1) is 9.26. The number of allylic oxidation sites excluding steroid dienone is 1. The first-order valence-electron chi connectivity index (χ1n) is 7.71. The number of aromatic nitrogens is 2. The van der Waals surface area contributed by atoms with Gasteiger partial charge in [0.1, 0.15) is 0 Å². The summed E-state index contributed by atoms with van der Waals surface area (Å²) < 4.78 is 2.05. The maximum Gasteiger partial charge on any atom is 0.0707 e. The Balaban J connectivity index is 2.27. The molecule has 0 aliphatic heterocycles. The van der Waals surface area contributed by atoms with E-state index in [9.17, 15) is 0 Å². The molecule has 3 nitrogen and oxygen atoms in total. The van der Waals surface area contributed by atoms with Crippen LogP contribution < -0.4 is 5.32 Å². The van der Waals surface area contributed by atoms with Crippen LogP contribution in [0.4, 0.5) is 0 Å². The lowest BCUT2D eigenvalue weighted by Crippen LogP contribution is -2.25. The predicted octanol–water partition coefficient (Wildman–Crippen LogP) is 3.52. The summed E-state index contributed by atoms with van der Waals surface area (Å²) in [5, 5.41) is 8.25. The molecule has 0 bridgehead atoms. The Morgan fingerprint density at radius 1 is 1.32 bits per heavy atom. The third-order valence-electron chi connectivity index (χ3n) is 3.98. The first kappa shape index (κ1) is 14.3. The van der Waals surface area contributed by atoms with E-state index in [-0.39, 0.29) is 0 Å². The minimum atomic E-state index is 0.348. The molecule has 1 heterocycles.